The minimum Gasteiger partial charge on any atom is -0.381 e. The van der Waals surface area contributed by atoms with Gasteiger partial charge in [0.05, 0.1) is 0 Å². The summed E-state index contributed by atoms with van der Waals surface area (Å²) in [5.41, 5.74) is 5.40. The maximum atomic E-state index is 11.5. The molecule has 124 valence electrons. The van der Waals surface area contributed by atoms with Crippen LogP contribution < -0.4 is 11.1 Å². The number of likely N-dealkylation sites (tertiary alicyclic amines) is 1. The first-order chi connectivity index (χ1) is 9.79. The SMILES string of the molecule is Cl.NCCC(=O)NCC1CCCCN1CCC1CCOC1. The Hall–Kier alpha value is -0.360. The van der Waals surface area contributed by atoms with E-state index in [1.54, 1.807) is 0 Å². The zero-order valence-corrected chi connectivity index (χ0v) is 13.7. The van der Waals surface area contributed by atoms with E-state index in [0.717, 1.165) is 32.2 Å². The van der Waals surface area contributed by atoms with E-state index in [1.165, 1.54) is 38.6 Å². The van der Waals surface area contributed by atoms with Gasteiger partial charge in [0.2, 0.25) is 5.91 Å². The van der Waals surface area contributed by atoms with Crippen molar-refractivity contribution in [2.24, 2.45) is 11.7 Å². The van der Waals surface area contributed by atoms with Crippen LogP contribution in [0.15, 0.2) is 0 Å². The highest BCUT2D eigenvalue weighted by Crippen LogP contribution is 2.21. The number of halogens is 1. The fourth-order valence-corrected chi connectivity index (χ4v) is 3.20. The van der Waals surface area contributed by atoms with Gasteiger partial charge in [-0.15, -0.1) is 12.4 Å². The predicted octanol–water partition coefficient (Wildman–Crippen LogP) is 1.15. The predicted molar refractivity (Wildman–Crippen MR) is 86.7 cm³/mol. The number of amides is 1. The third kappa shape index (κ3) is 6.51. The summed E-state index contributed by atoms with van der Waals surface area (Å²) in [5, 5.41) is 3.03. The lowest BCUT2D eigenvalue weighted by Gasteiger charge is -2.36. The van der Waals surface area contributed by atoms with Gasteiger partial charge < -0.3 is 15.8 Å². The van der Waals surface area contributed by atoms with E-state index in [-0.39, 0.29) is 18.3 Å². The second kappa shape index (κ2) is 10.4. The molecule has 0 radical (unpaired) electrons. The minimum absolute atomic E-state index is 0. The lowest BCUT2D eigenvalue weighted by molar-refractivity contribution is -0.121. The number of rotatable bonds is 7. The van der Waals surface area contributed by atoms with Crippen LogP contribution in [-0.2, 0) is 9.53 Å². The second-order valence-electron chi connectivity index (χ2n) is 6.05. The Balaban J connectivity index is 0.00000220. The molecular weight excluding hydrogens is 290 g/mol. The zero-order valence-electron chi connectivity index (χ0n) is 12.9. The quantitative estimate of drug-likeness (QED) is 0.739. The number of carbonyl (C=O) groups excluding carboxylic acids is 1. The van der Waals surface area contributed by atoms with Gasteiger partial charge in [-0.3, -0.25) is 9.69 Å². The van der Waals surface area contributed by atoms with E-state index in [9.17, 15) is 4.79 Å². The first-order valence-electron chi connectivity index (χ1n) is 8.08. The van der Waals surface area contributed by atoms with Crippen molar-refractivity contribution in [2.75, 3.05) is 39.4 Å². The number of carbonyl (C=O) groups is 1. The van der Waals surface area contributed by atoms with Crippen molar-refractivity contribution >= 4 is 18.3 Å². The maximum Gasteiger partial charge on any atom is 0.221 e. The molecule has 2 aliphatic heterocycles. The van der Waals surface area contributed by atoms with Crippen LogP contribution in [0.4, 0.5) is 0 Å². The van der Waals surface area contributed by atoms with Crippen molar-refractivity contribution in [1.29, 1.82) is 0 Å². The molecule has 2 saturated heterocycles. The molecule has 0 aromatic rings. The van der Waals surface area contributed by atoms with Crippen molar-refractivity contribution < 1.29 is 9.53 Å². The average Bonchev–Trinajstić information content (AvgIpc) is 2.97. The summed E-state index contributed by atoms with van der Waals surface area (Å²) in [6, 6.07) is 0.507. The fourth-order valence-electron chi connectivity index (χ4n) is 3.20. The van der Waals surface area contributed by atoms with Crippen LogP contribution in [0, 0.1) is 5.92 Å². The Morgan fingerprint density at radius 1 is 1.33 bits per heavy atom. The highest BCUT2D eigenvalue weighted by atomic mass is 35.5. The van der Waals surface area contributed by atoms with E-state index in [1.807, 2.05) is 0 Å². The summed E-state index contributed by atoms with van der Waals surface area (Å²) < 4.78 is 5.44. The molecule has 1 amide bonds. The summed E-state index contributed by atoms with van der Waals surface area (Å²) in [7, 11) is 0. The molecule has 2 heterocycles. The van der Waals surface area contributed by atoms with E-state index < -0.39 is 0 Å². The highest BCUT2D eigenvalue weighted by molar-refractivity contribution is 5.85. The fraction of sp³-hybridized carbons (Fsp3) is 0.933. The van der Waals surface area contributed by atoms with E-state index >= 15 is 0 Å². The third-order valence-corrected chi connectivity index (χ3v) is 4.50. The third-order valence-electron chi connectivity index (χ3n) is 4.50. The van der Waals surface area contributed by atoms with Crippen molar-refractivity contribution in [3.63, 3.8) is 0 Å². The number of nitrogens with one attached hydrogen (secondary N) is 1. The first kappa shape index (κ1) is 18.7. The van der Waals surface area contributed by atoms with Crippen LogP contribution in [-0.4, -0.2) is 56.2 Å². The largest absolute Gasteiger partial charge is 0.381 e. The topological polar surface area (TPSA) is 67.6 Å². The number of ether oxygens (including phenoxy) is 1. The van der Waals surface area contributed by atoms with E-state index in [0.29, 0.717) is 19.0 Å². The minimum atomic E-state index is 0. The lowest BCUT2D eigenvalue weighted by Crippen LogP contribution is -2.47. The van der Waals surface area contributed by atoms with Crippen LogP contribution in [0.1, 0.15) is 38.5 Å². The number of nitrogens with zero attached hydrogens (tertiary/aromatic N) is 1. The summed E-state index contributed by atoms with van der Waals surface area (Å²) in [5.74, 6) is 0.826. The Kier molecular flexibility index (Phi) is 9.24. The van der Waals surface area contributed by atoms with Gasteiger partial charge in [0.25, 0.3) is 0 Å². The molecule has 0 saturated carbocycles. The van der Waals surface area contributed by atoms with Crippen LogP contribution in [0.2, 0.25) is 0 Å². The van der Waals surface area contributed by atoms with Gasteiger partial charge in [0.15, 0.2) is 0 Å². The van der Waals surface area contributed by atoms with Crippen LogP contribution in [0.5, 0.6) is 0 Å². The molecule has 0 aliphatic carbocycles. The van der Waals surface area contributed by atoms with Crippen LogP contribution in [0.3, 0.4) is 0 Å². The molecule has 3 N–H and O–H groups in total. The van der Waals surface area contributed by atoms with Gasteiger partial charge in [-0.1, -0.05) is 6.42 Å². The molecule has 2 fully saturated rings. The Morgan fingerprint density at radius 3 is 2.90 bits per heavy atom. The second-order valence-corrected chi connectivity index (χ2v) is 6.05. The normalized spacial score (nSPS) is 26.3. The molecule has 0 aromatic heterocycles. The molecule has 0 spiro atoms. The standard InChI is InChI=1S/C15H29N3O2.ClH/c16-7-4-15(19)17-11-14-3-1-2-8-18(14)9-5-13-6-10-20-12-13;/h13-14H,1-12,16H2,(H,17,19);1H. The number of hydrogen-bond donors (Lipinski definition) is 2. The summed E-state index contributed by atoms with van der Waals surface area (Å²) >= 11 is 0. The molecule has 2 aliphatic rings. The van der Waals surface area contributed by atoms with Gasteiger partial charge in [0.1, 0.15) is 0 Å². The van der Waals surface area contributed by atoms with Crippen LogP contribution >= 0.6 is 12.4 Å². The van der Waals surface area contributed by atoms with Crippen molar-refractivity contribution in [3.05, 3.63) is 0 Å². The Morgan fingerprint density at radius 2 is 2.19 bits per heavy atom. The monoisotopic (exact) mass is 319 g/mol. The average molecular weight is 320 g/mol. The molecule has 2 rings (SSSR count). The Labute approximate surface area is 134 Å². The molecule has 2 atom stereocenters. The molecule has 5 nitrogen and oxygen atoms in total. The first-order valence-corrected chi connectivity index (χ1v) is 8.08. The van der Waals surface area contributed by atoms with Crippen molar-refractivity contribution in [3.8, 4) is 0 Å². The summed E-state index contributed by atoms with van der Waals surface area (Å²) in [6.07, 6.45) is 6.64. The van der Waals surface area contributed by atoms with E-state index in [2.05, 4.69) is 10.2 Å². The molecule has 2 unspecified atom stereocenters. The molecular formula is C15H30ClN3O2. The van der Waals surface area contributed by atoms with Crippen molar-refractivity contribution in [2.45, 2.75) is 44.6 Å². The van der Waals surface area contributed by atoms with Crippen molar-refractivity contribution in [1.82, 2.24) is 10.2 Å². The smallest absolute Gasteiger partial charge is 0.221 e. The summed E-state index contributed by atoms with van der Waals surface area (Å²) in [4.78, 5) is 14.1. The maximum absolute atomic E-state index is 11.5. The van der Waals surface area contributed by atoms with Gasteiger partial charge in [-0.05, 0) is 44.7 Å². The zero-order chi connectivity index (χ0) is 14.2. The molecule has 6 heteroatoms. The Bertz CT molecular complexity index is 299. The number of hydrogen-bond acceptors (Lipinski definition) is 4. The molecule has 0 aromatic carbocycles. The molecule has 0 bridgehead atoms. The molecule has 21 heavy (non-hydrogen) atoms. The number of piperidine rings is 1. The van der Waals surface area contributed by atoms with E-state index in [4.69, 9.17) is 10.5 Å². The lowest BCUT2D eigenvalue weighted by atomic mass is 9.99. The number of nitrogens with two attached hydrogens (primary N) is 1. The highest BCUT2D eigenvalue weighted by Gasteiger charge is 2.24. The van der Waals surface area contributed by atoms with Gasteiger partial charge in [-0.25, -0.2) is 0 Å². The van der Waals surface area contributed by atoms with Gasteiger partial charge in [0, 0.05) is 38.8 Å². The van der Waals surface area contributed by atoms with Crippen LogP contribution in [0.25, 0.3) is 0 Å². The van der Waals surface area contributed by atoms with Gasteiger partial charge in [-0.2, -0.15) is 0 Å². The van der Waals surface area contributed by atoms with Gasteiger partial charge >= 0.3 is 0 Å². The summed E-state index contributed by atoms with van der Waals surface area (Å²) in [6.45, 7) is 5.40.